The van der Waals surface area contributed by atoms with Gasteiger partial charge in [0.05, 0.1) is 12.2 Å². The SMILES string of the molecule is CC1(C)[C@H](NC[C@H]2CCO[C@@H]2c2ccccc2)[C@H]2CCO[C@@H]21. The molecule has 2 saturated heterocycles. The predicted octanol–water partition coefficient (Wildman–Crippen LogP) is 3.17. The zero-order valence-electron chi connectivity index (χ0n) is 13.6. The van der Waals surface area contributed by atoms with Crippen LogP contribution in [0.15, 0.2) is 30.3 Å². The van der Waals surface area contributed by atoms with Crippen molar-refractivity contribution >= 4 is 0 Å². The van der Waals surface area contributed by atoms with E-state index in [0.717, 1.165) is 26.2 Å². The molecule has 2 aliphatic heterocycles. The molecule has 120 valence electrons. The number of rotatable bonds is 4. The fraction of sp³-hybridized carbons (Fsp3) is 0.684. The Morgan fingerprint density at radius 3 is 2.68 bits per heavy atom. The summed E-state index contributed by atoms with van der Waals surface area (Å²) < 4.78 is 11.9. The van der Waals surface area contributed by atoms with Crippen LogP contribution < -0.4 is 5.32 Å². The van der Waals surface area contributed by atoms with Crippen molar-refractivity contribution in [2.75, 3.05) is 19.8 Å². The van der Waals surface area contributed by atoms with Gasteiger partial charge in [0.1, 0.15) is 0 Å². The fourth-order valence-corrected chi connectivity index (χ4v) is 4.87. The first-order valence-corrected chi connectivity index (χ1v) is 8.69. The van der Waals surface area contributed by atoms with Gasteiger partial charge in [-0.15, -0.1) is 0 Å². The van der Waals surface area contributed by atoms with E-state index in [1.165, 1.54) is 12.0 Å². The lowest BCUT2D eigenvalue weighted by Gasteiger charge is -2.55. The molecule has 1 aliphatic carbocycles. The van der Waals surface area contributed by atoms with E-state index in [4.69, 9.17) is 9.47 Å². The maximum Gasteiger partial charge on any atom is 0.0866 e. The highest BCUT2D eigenvalue weighted by molar-refractivity contribution is 5.19. The largest absolute Gasteiger partial charge is 0.377 e. The van der Waals surface area contributed by atoms with E-state index in [2.05, 4.69) is 49.5 Å². The lowest BCUT2D eigenvalue weighted by atomic mass is 9.57. The Morgan fingerprint density at radius 1 is 1.09 bits per heavy atom. The van der Waals surface area contributed by atoms with Crippen molar-refractivity contribution < 1.29 is 9.47 Å². The monoisotopic (exact) mass is 301 g/mol. The van der Waals surface area contributed by atoms with E-state index in [9.17, 15) is 0 Å². The van der Waals surface area contributed by atoms with Crippen LogP contribution in [0.4, 0.5) is 0 Å². The Labute approximate surface area is 133 Å². The van der Waals surface area contributed by atoms with Gasteiger partial charge in [0.25, 0.3) is 0 Å². The molecule has 1 N–H and O–H groups in total. The number of hydrogen-bond donors (Lipinski definition) is 1. The minimum atomic E-state index is 0.257. The van der Waals surface area contributed by atoms with Crippen LogP contribution in [0.2, 0.25) is 0 Å². The Kier molecular flexibility index (Phi) is 3.75. The maximum atomic E-state index is 6.01. The molecule has 3 aliphatic rings. The number of nitrogens with one attached hydrogen (secondary N) is 1. The smallest absolute Gasteiger partial charge is 0.0866 e. The van der Waals surface area contributed by atoms with Crippen molar-refractivity contribution in [3.8, 4) is 0 Å². The lowest BCUT2D eigenvalue weighted by Crippen LogP contribution is -2.66. The van der Waals surface area contributed by atoms with Crippen molar-refractivity contribution in [2.45, 2.75) is 44.9 Å². The summed E-state index contributed by atoms with van der Waals surface area (Å²) in [4.78, 5) is 0. The molecule has 1 saturated carbocycles. The number of hydrogen-bond acceptors (Lipinski definition) is 3. The zero-order valence-corrected chi connectivity index (χ0v) is 13.6. The van der Waals surface area contributed by atoms with Gasteiger partial charge in [-0.25, -0.2) is 0 Å². The van der Waals surface area contributed by atoms with Gasteiger partial charge in [0.15, 0.2) is 0 Å². The van der Waals surface area contributed by atoms with Crippen LogP contribution in [0.3, 0.4) is 0 Å². The predicted molar refractivity (Wildman–Crippen MR) is 86.7 cm³/mol. The molecule has 0 radical (unpaired) electrons. The van der Waals surface area contributed by atoms with Crippen LogP contribution in [-0.2, 0) is 9.47 Å². The Bertz CT molecular complexity index is 515. The summed E-state index contributed by atoms with van der Waals surface area (Å²) in [7, 11) is 0. The molecule has 3 heteroatoms. The van der Waals surface area contributed by atoms with Crippen molar-refractivity contribution in [2.24, 2.45) is 17.3 Å². The van der Waals surface area contributed by atoms with Crippen molar-refractivity contribution in [3.63, 3.8) is 0 Å². The van der Waals surface area contributed by atoms with Gasteiger partial charge >= 0.3 is 0 Å². The second-order valence-corrected chi connectivity index (χ2v) is 7.70. The average Bonchev–Trinajstić information content (AvgIpc) is 3.16. The molecule has 22 heavy (non-hydrogen) atoms. The van der Waals surface area contributed by atoms with Crippen LogP contribution >= 0.6 is 0 Å². The third-order valence-corrected chi connectivity index (χ3v) is 6.04. The van der Waals surface area contributed by atoms with E-state index in [0.29, 0.717) is 24.0 Å². The Hall–Kier alpha value is -0.900. The summed E-state index contributed by atoms with van der Waals surface area (Å²) in [5, 5.41) is 3.86. The number of benzene rings is 1. The molecule has 1 aromatic rings. The number of ether oxygens (including phenoxy) is 2. The van der Waals surface area contributed by atoms with Crippen molar-refractivity contribution in [1.29, 1.82) is 0 Å². The van der Waals surface area contributed by atoms with Crippen LogP contribution in [-0.4, -0.2) is 31.9 Å². The molecule has 0 unspecified atom stereocenters. The van der Waals surface area contributed by atoms with Gasteiger partial charge < -0.3 is 14.8 Å². The first-order valence-electron chi connectivity index (χ1n) is 8.69. The first kappa shape index (κ1) is 14.7. The van der Waals surface area contributed by atoms with Gasteiger partial charge in [0, 0.05) is 43.1 Å². The first-order chi connectivity index (χ1) is 10.7. The molecule has 0 bridgehead atoms. The summed E-state index contributed by atoms with van der Waals surface area (Å²) in [6.45, 7) is 7.57. The highest BCUT2D eigenvalue weighted by Crippen LogP contribution is 2.52. The van der Waals surface area contributed by atoms with E-state index >= 15 is 0 Å². The van der Waals surface area contributed by atoms with Gasteiger partial charge in [-0.2, -0.15) is 0 Å². The second-order valence-electron chi connectivity index (χ2n) is 7.70. The molecule has 5 atom stereocenters. The molecule has 3 nitrogen and oxygen atoms in total. The summed E-state index contributed by atoms with van der Waals surface area (Å²) in [6, 6.07) is 11.3. The zero-order chi connectivity index (χ0) is 15.2. The molecule has 3 fully saturated rings. The van der Waals surface area contributed by atoms with Gasteiger partial charge in [-0.1, -0.05) is 44.2 Å². The molecule has 2 heterocycles. The third kappa shape index (κ3) is 2.31. The molecular weight excluding hydrogens is 274 g/mol. The molecule has 4 rings (SSSR count). The molecular formula is C19H27NO2. The van der Waals surface area contributed by atoms with Crippen LogP contribution in [0.1, 0.15) is 38.4 Å². The minimum absolute atomic E-state index is 0.257. The molecule has 0 amide bonds. The highest BCUT2D eigenvalue weighted by atomic mass is 16.5. The molecule has 0 aromatic heterocycles. The quantitative estimate of drug-likeness (QED) is 0.926. The number of fused-ring (bicyclic) bond motifs is 1. The van der Waals surface area contributed by atoms with Gasteiger partial charge in [0.2, 0.25) is 0 Å². The average molecular weight is 301 g/mol. The van der Waals surface area contributed by atoms with Crippen molar-refractivity contribution in [3.05, 3.63) is 35.9 Å². The molecule has 0 spiro atoms. The van der Waals surface area contributed by atoms with E-state index in [1.54, 1.807) is 0 Å². The van der Waals surface area contributed by atoms with Gasteiger partial charge in [-0.05, 0) is 18.4 Å². The van der Waals surface area contributed by atoms with Crippen LogP contribution in [0.25, 0.3) is 0 Å². The molecule has 1 aromatic carbocycles. The summed E-state index contributed by atoms with van der Waals surface area (Å²) in [5.74, 6) is 1.30. The summed E-state index contributed by atoms with van der Waals surface area (Å²) >= 11 is 0. The van der Waals surface area contributed by atoms with Crippen molar-refractivity contribution in [1.82, 2.24) is 5.32 Å². The maximum absolute atomic E-state index is 6.01. The van der Waals surface area contributed by atoms with Crippen LogP contribution in [0, 0.1) is 17.3 Å². The second kappa shape index (κ2) is 5.63. The van der Waals surface area contributed by atoms with E-state index in [-0.39, 0.29) is 11.5 Å². The van der Waals surface area contributed by atoms with Gasteiger partial charge in [-0.3, -0.25) is 0 Å². The van der Waals surface area contributed by atoms with Crippen LogP contribution in [0.5, 0.6) is 0 Å². The van der Waals surface area contributed by atoms with E-state index in [1.807, 2.05) is 0 Å². The lowest BCUT2D eigenvalue weighted by molar-refractivity contribution is -0.113. The standard InChI is InChI=1S/C19H27NO2/c1-19(2)17(15-9-11-22-18(15)19)20-12-14-8-10-21-16(14)13-6-4-3-5-7-13/h3-7,14-18,20H,8-12H2,1-2H3/t14-,15-,16-,17-,18+/m1/s1. The summed E-state index contributed by atoms with van der Waals surface area (Å²) in [5.41, 5.74) is 1.59. The highest BCUT2D eigenvalue weighted by Gasteiger charge is 2.59. The van der Waals surface area contributed by atoms with E-state index < -0.39 is 0 Å². The minimum Gasteiger partial charge on any atom is -0.377 e. The third-order valence-electron chi connectivity index (χ3n) is 6.04. The topological polar surface area (TPSA) is 30.5 Å². The fourth-order valence-electron chi connectivity index (χ4n) is 4.87. The summed E-state index contributed by atoms with van der Waals surface area (Å²) in [6.07, 6.45) is 3.10. The normalized spacial score (nSPS) is 39.5. The Balaban J connectivity index is 1.39. The Morgan fingerprint density at radius 2 is 1.86 bits per heavy atom.